The molecule has 2 amide bonds. The van der Waals surface area contributed by atoms with E-state index in [-0.39, 0.29) is 22.8 Å². The maximum Gasteiger partial charge on any atom is 0.262 e. The van der Waals surface area contributed by atoms with E-state index >= 15 is 0 Å². The number of fused-ring (bicyclic) bond motifs is 1. The van der Waals surface area contributed by atoms with Crippen molar-refractivity contribution in [3.63, 3.8) is 0 Å². The smallest absolute Gasteiger partial charge is 0.262 e. The summed E-state index contributed by atoms with van der Waals surface area (Å²) in [6.45, 7) is 0.998. The zero-order valence-corrected chi connectivity index (χ0v) is 18.3. The summed E-state index contributed by atoms with van der Waals surface area (Å²) in [5.74, 6) is -0.508. The predicted molar refractivity (Wildman–Crippen MR) is 128 cm³/mol. The first-order valence-corrected chi connectivity index (χ1v) is 10.4. The summed E-state index contributed by atoms with van der Waals surface area (Å²) in [4.78, 5) is 36.7. The van der Waals surface area contributed by atoms with E-state index in [4.69, 9.17) is 20.8 Å². The second kappa shape index (κ2) is 9.58. The van der Waals surface area contributed by atoms with Crippen molar-refractivity contribution >= 4 is 45.8 Å². The van der Waals surface area contributed by atoms with Crippen LogP contribution in [0.25, 0.3) is 22.3 Å². The summed E-state index contributed by atoms with van der Waals surface area (Å²) in [5, 5.41) is 5.97. The largest absolute Gasteiger partial charge is 0.476 e. The SMILES string of the molecule is CC(=O)Nc1ccc(NC(=O)COc2c(-c3ccccc3)oc3ccc(Cl)cc3c2=O)cc1. The van der Waals surface area contributed by atoms with E-state index in [0.29, 0.717) is 27.5 Å². The standard InChI is InChI=1S/C25H19ClN2O5/c1-15(29)27-18-8-10-19(11-9-18)28-22(30)14-32-25-23(31)20-13-17(26)7-12-21(20)33-24(25)16-5-3-2-4-6-16/h2-13H,14H2,1H3,(H,27,29)(H,28,30). The molecule has 0 atom stereocenters. The van der Waals surface area contributed by atoms with Crippen LogP contribution >= 0.6 is 11.6 Å². The molecule has 4 aromatic rings. The number of ether oxygens (including phenoxy) is 1. The fraction of sp³-hybridized carbons (Fsp3) is 0.0800. The molecule has 33 heavy (non-hydrogen) atoms. The first kappa shape index (κ1) is 22.1. The average molecular weight is 463 g/mol. The van der Waals surface area contributed by atoms with Gasteiger partial charge in [0.25, 0.3) is 5.91 Å². The topological polar surface area (TPSA) is 97.6 Å². The van der Waals surface area contributed by atoms with Gasteiger partial charge in [0.05, 0.1) is 5.39 Å². The van der Waals surface area contributed by atoms with Gasteiger partial charge in [0, 0.05) is 28.9 Å². The second-order valence-electron chi connectivity index (χ2n) is 7.19. The van der Waals surface area contributed by atoms with Crippen LogP contribution in [0.15, 0.2) is 82.0 Å². The third-order valence-corrected chi connectivity index (χ3v) is 4.92. The first-order chi connectivity index (χ1) is 15.9. The van der Waals surface area contributed by atoms with Gasteiger partial charge in [-0.1, -0.05) is 41.9 Å². The van der Waals surface area contributed by atoms with Crippen LogP contribution in [0.4, 0.5) is 11.4 Å². The van der Waals surface area contributed by atoms with E-state index in [1.807, 2.05) is 18.2 Å². The van der Waals surface area contributed by atoms with Gasteiger partial charge in [-0.05, 0) is 42.5 Å². The number of amides is 2. The van der Waals surface area contributed by atoms with E-state index in [9.17, 15) is 14.4 Å². The molecule has 0 bridgehead atoms. The highest BCUT2D eigenvalue weighted by Gasteiger charge is 2.19. The van der Waals surface area contributed by atoms with Crippen molar-refractivity contribution in [3.8, 4) is 17.1 Å². The molecule has 0 radical (unpaired) electrons. The lowest BCUT2D eigenvalue weighted by atomic mass is 10.1. The molecule has 1 heterocycles. The van der Waals surface area contributed by atoms with E-state index in [0.717, 1.165) is 0 Å². The molecule has 0 aliphatic heterocycles. The minimum Gasteiger partial charge on any atom is -0.476 e. The van der Waals surface area contributed by atoms with E-state index in [1.54, 1.807) is 48.5 Å². The molecule has 4 rings (SSSR count). The summed E-state index contributed by atoms with van der Waals surface area (Å²) in [6.07, 6.45) is 0. The molecule has 1 aromatic heterocycles. The minimum atomic E-state index is -0.466. The zero-order chi connectivity index (χ0) is 23.4. The minimum absolute atomic E-state index is 0.0767. The highest BCUT2D eigenvalue weighted by atomic mass is 35.5. The Bertz CT molecular complexity index is 1380. The molecule has 0 saturated heterocycles. The van der Waals surface area contributed by atoms with Gasteiger partial charge in [0.2, 0.25) is 17.1 Å². The van der Waals surface area contributed by atoms with Crippen LogP contribution in [0.2, 0.25) is 5.02 Å². The molecule has 0 unspecified atom stereocenters. The monoisotopic (exact) mass is 462 g/mol. The van der Waals surface area contributed by atoms with Crippen molar-refractivity contribution in [3.05, 3.63) is 88.0 Å². The maximum atomic E-state index is 13.2. The van der Waals surface area contributed by atoms with Crippen molar-refractivity contribution in [2.24, 2.45) is 0 Å². The molecule has 0 aliphatic carbocycles. The molecular weight excluding hydrogens is 444 g/mol. The highest BCUT2D eigenvalue weighted by molar-refractivity contribution is 6.31. The van der Waals surface area contributed by atoms with Crippen LogP contribution < -0.4 is 20.8 Å². The van der Waals surface area contributed by atoms with Gasteiger partial charge in [0.1, 0.15) is 5.58 Å². The van der Waals surface area contributed by atoms with Crippen LogP contribution in [-0.2, 0) is 9.59 Å². The normalized spacial score (nSPS) is 10.6. The lowest BCUT2D eigenvalue weighted by Crippen LogP contribution is -2.22. The quantitative estimate of drug-likeness (QED) is 0.416. The lowest BCUT2D eigenvalue weighted by Gasteiger charge is -2.12. The molecule has 0 aliphatic rings. The van der Waals surface area contributed by atoms with Gasteiger partial charge in [-0.2, -0.15) is 0 Å². The fourth-order valence-electron chi connectivity index (χ4n) is 3.24. The molecular formula is C25H19ClN2O5. The van der Waals surface area contributed by atoms with Crippen LogP contribution in [0.3, 0.4) is 0 Å². The third kappa shape index (κ3) is 5.22. The molecule has 0 spiro atoms. The number of hydrogen-bond acceptors (Lipinski definition) is 5. The van der Waals surface area contributed by atoms with Crippen LogP contribution in [0.5, 0.6) is 5.75 Å². The van der Waals surface area contributed by atoms with Gasteiger partial charge in [-0.3, -0.25) is 14.4 Å². The molecule has 0 fully saturated rings. The summed E-state index contributed by atoms with van der Waals surface area (Å²) in [5.41, 5.74) is 1.69. The number of carbonyl (C=O) groups excluding carboxylic acids is 2. The summed E-state index contributed by atoms with van der Waals surface area (Å²) < 4.78 is 11.6. The van der Waals surface area contributed by atoms with Crippen molar-refractivity contribution in [2.75, 3.05) is 17.2 Å². The Hall–Kier alpha value is -4.10. The van der Waals surface area contributed by atoms with E-state index < -0.39 is 17.9 Å². The summed E-state index contributed by atoms with van der Waals surface area (Å²) in [7, 11) is 0. The third-order valence-electron chi connectivity index (χ3n) is 4.68. The van der Waals surface area contributed by atoms with Gasteiger partial charge >= 0.3 is 0 Å². The molecule has 166 valence electrons. The van der Waals surface area contributed by atoms with Crippen molar-refractivity contribution < 1.29 is 18.7 Å². The lowest BCUT2D eigenvalue weighted by molar-refractivity contribution is -0.118. The highest BCUT2D eigenvalue weighted by Crippen LogP contribution is 2.31. The van der Waals surface area contributed by atoms with Gasteiger partial charge in [-0.25, -0.2) is 0 Å². The summed E-state index contributed by atoms with van der Waals surface area (Å²) >= 11 is 6.05. The van der Waals surface area contributed by atoms with Crippen LogP contribution in [0, 0.1) is 0 Å². The van der Waals surface area contributed by atoms with Gasteiger partial charge < -0.3 is 19.8 Å². The second-order valence-corrected chi connectivity index (χ2v) is 7.63. The van der Waals surface area contributed by atoms with Crippen LogP contribution in [0.1, 0.15) is 6.92 Å². The van der Waals surface area contributed by atoms with Gasteiger partial charge in [-0.15, -0.1) is 0 Å². The van der Waals surface area contributed by atoms with E-state index in [2.05, 4.69) is 10.6 Å². The van der Waals surface area contributed by atoms with Gasteiger partial charge in [0.15, 0.2) is 12.4 Å². The number of nitrogens with one attached hydrogen (secondary N) is 2. The molecule has 0 saturated carbocycles. The first-order valence-electron chi connectivity index (χ1n) is 10.0. The number of carbonyl (C=O) groups is 2. The fourth-order valence-corrected chi connectivity index (χ4v) is 3.41. The number of rotatable bonds is 6. The Morgan fingerprint density at radius 1 is 0.939 bits per heavy atom. The number of benzene rings is 3. The Morgan fingerprint density at radius 3 is 2.27 bits per heavy atom. The Balaban J connectivity index is 1.58. The molecule has 8 heteroatoms. The Labute approximate surface area is 193 Å². The zero-order valence-electron chi connectivity index (χ0n) is 17.6. The van der Waals surface area contributed by atoms with E-state index in [1.165, 1.54) is 13.0 Å². The average Bonchev–Trinajstić information content (AvgIpc) is 2.80. The number of anilines is 2. The Morgan fingerprint density at radius 2 is 1.61 bits per heavy atom. The number of halogens is 1. The molecule has 2 N–H and O–H groups in total. The van der Waals surface area contributed by atoms with Crippen molar-refractivity contribution in [1.82, 2.24) is 0 Å². The Kier molecular flexibility index (Phi) is 6.42. The summed E-state index contributed by atoms with van der Waals surface area (Å²) in [6, 6.07) is 20.4. The number of hydrogen-bond donors (Lipinski definition) is 2. The van der Waals surface area contributed by atoms with Crippen LogP contribution in [-0.4, -0.2) is 18.4 Å². The maximum absolute atomic E-state index is 13.2. The van der Waals surface area contributed by atoms with Crippen molar-refractivity contribution in [1.29, 1.82) is 0 Å². The molecule has 7 nitrogen and oxygen atoms in total. The predicted octanol–water partition coefficient (Wildman–Crippen LogP) is 5.09. The molecule has 3 aromatic carbocycles. The van der Waals surface area contributed by atoms with Crippen molar-refractivity contribution in [2.45, 2.75) is 6.92 Å².